The first kappa shape index (κ1) is 15.7. The molecule has 0 saturated carbocycles. The summed E-state index contributed by atoms with van der Waals surface area (Å²) in [5.41, 5.74) is -0.471. The zero-order valence-corrected chi connectivity index (χ0v) is 11.7. The van der Waals surface area contributed by atoms with Gasteiger partial charge in [0.1, 0.15) is 11.6 Å². The minimum absolute atomic E-state index is 0.269. The Morgan fingerprint density at radius 1 is 1.26 bits per heavy atom. The number of hydrogen-bond acceptors (Lipinski definition) is 2. The summed E-state index contributed by atoms with van der Waals surface area (Å²) in [5, 5.41) is 2.59. The number of rotatable bonds is 3. The molecule has 0 aliphatic heterocycles. The number of benzene rings is 1. The SMILES string of the molecule is CC(C)(C)OC(=O)N[C@@H](c1ccc(Cl)cc1)C(F)F. The van der Waals surface area contributed by atoms with Gasteiger partial charge in [0.25, 0.3) is 6.43 Å². The first-order chi connectivity index (χ1) is 8.69. The molecule has 19 heavy (non-hydrogen) atoms. The summed E-state index contributed by atoms with van der Waals surface area (Å²) < 4.78 is 30.9. The molecule has 0 radical (unpaired) electrons. The van der Waals surface area contributed by atoms with E-state index in [1.54, 1.807) is 20.8 Å². The molecular weight excluding hydrogens is 276 g/mol. The topological polar surface area (TPSA) is 38.3 Å². The zero-order chi connectivity index (χ0) is 14.6. The van der Waals surface area contributed by atoms with Gasteiger partial charge in [-0.2, -0.15) is 0 Å². The average molecular weight is 292 g/mol. The fourth-order valence-corrected chi connectivity index (χ4v) is 1.52. The monoisotopic (exact) mass is 291 g/mol. The molecule has 0 aliphatic rings. The van der Waals surface area contributed by atoms with E-state index in [1.165, 1.54) is 24.3 Å². The summed E-state index contributed by atoms with van der Waals surface area (Å²) in [5.74, 6) is 0. The molecule has 1 aromatic carbocycles. The van der Waals surface area contributed by atoms with Crippen molar-refractivity contribution in [2.75, 3.05) is 0 Å². The Bertz CT molecular complexity index is 429. The van der Waals surface area contributed by atoms with Gasteiger partial charge in [0, 0.05) is 5.02 Å². The van der Waals surface area contributed by atoms with Gasteiger partial charge in [0.15, 0.2) is 0 Å². The Hall–Kier alpha value is -1.36. The summed E-state index contributed by atoms with van der Waals surface area (Å²) >= 11 is 5.69. The smallest absolute Gasteiger partial charge is 0.408 e. The van der Waals surface area contributed by atoms with E-state index in [0.717, 1.165) is 0 Å². The van der Waals surface area contributed by atoms with Crippen LogP contribution in [0.4, 0.5) is 13.6 Å². The lowest BCUT2D eigenvalue weighted by Crippen LogP contribution is -2.37. The highest BCUT2D eigenvalue weighted by atomic mass is 35.5. The van der Waals surface area contributed by atoms with Crippen molar-refractivity contribution in [3.05, 3.63) is 34.9 Å². The second-order valence-corrected chi connectivity index (χ2v) is 5.45. The van der Waals surface area contributed by atoms with Crippen LogP contribution in [0, 0.1) is 0 Å². The Balaban J connectivity index is 2.79. The molecular formula is C13H16ClF2NO2. The lowest BCUT2D eigenvalue weighted by Gasteiger charge is -2.23. The highest BCUT2D eigenvalue weighted by Crippen LogP contribution is 2.23. The third-order valence-electron chi connectivity index (χ3n) is 2.15. The molecule has 0 spiro atoms. The van der Waals surface area contributed by atoms with Gasteiger partial charge >= 0.3 is 6.09 Å². The fraction of sp³-hybridized carbons (Fsp3) is 0.462. The third kappa shape index (κ3) is 5.42. The molecule has 0 heterocycles. The second kappa shape index (κ2) is 6.19. The summed E-state index contributed by atoms with van der Waals surface area (Å²) in [7, 11) is 0. The quantitative estimate of drug-likeness (QED) is 0.907. The molecule has 0 saturated heterocycles. The number of carbonyl (C=O) groups excluding carboxylic acids is 1. The molecule has 0 aromatic heterocycles. The largest absolute Gasteiger partial charge is 0.444 e. The predicted molar refractivity (Wildman–Crippen MR) is 69.6 cm³/mol. The molecule has 6 heteroatoms. The van der Waals surface area contributed by atoms with Crippen molar-refractivity contribution in [2.45, 2.75) is 38.8 Å². The standard InChI is InChI=1S/C13H16ClF2NO2/c1-13(2,3)19-12(18)17-10(11(15)16)8-4-6-9(14)7-5-8/h4-7,10-11H,1-3H3,(H,17,18)/t10-/m0/s1. The second-order valence-electron chi connectivity index (χ2n) is 5.01. The van der Waals surface area contributed by atoms with Crippen LogP contribution in [0.5, 0.6) is 0 Å². The maximum atomic E-state index is 13.0. The van der Waals surface area contributed by atoms with E-state index in [2.05, 4.69) is 5.32 Å². The average Bonchev–Trinajstić information content (AvgIpc) is 2.24. The van der Waals surface area contributed by atoms with Crippen LogP contribution in [0.3, 0.4) is 0 Å². The van der Waals surface area contributed by atoms with Gasteiger partial charge in [0.05, 0.1) is 0 Å². The van der Waals surface area contributed by atoms with E-state index in [9.17, 15) is 13.6 Å². The van der Waals surface area contributed by atoms with E-state index >= 15 is 0 Å². The van der Waals surface area contributed by atoms with Gasteiger partial charge in [0.2, 0.25) is 0 Å². The summed E-state index contributed by atoms with van der Waals surface area (Å²) in [6.07, 6.45) is -3.62. The number of alkyl carbamates (subject to hydrolysis) is 1. The minimum Gasteiger partial charge on any atom is -0.444 e. The molecule has 0 fully saturated rings. The van der Waals surface area contributed by atoms with Crippen molar-refractivity contribution in [1.29, 1.82) is 0 Å². The number of halogens is 3. The summed E-state index contributed by atoms with van der Waals surface area (Å²) in [4.78, 5) is 11.5. The van der Waals surface area contributed by atoms with Crippen LogP contribution in [-0.4, -0.2) is 18.1 Å². The normalized spacial score (nSPS) is 13.2. The Kier molecular flexibility index (Phi) is 5.11. The molecule has 106 valence electrons. The third-order valence-corrected chi connectivity index (χ3v) is 2.41. The van der Waals surface area contributed by atoms with Crippen molar-refractivity contribution in [3.8, 4) is 0 Å². The van der Waals surface area contributed by atoms with Gasteiger partial charge in [-0.25, -0.2) is 13.6 Å². The van der Waals surface area contributed by atoms with Crippen molar-refractivity contribution >= 4 is 17.7 Å². The summed E-state index contributed by atoms with van der Waals surface area (Å²) in [6.45, 7) is 4.98. The van der Waals surface area contributed by atoms with Gasteiger partial charge in [-0.1, -0.05) is 23.7 Å². The molecule has 0 aliphatic carbocycles. The van der Waals surface area contributed by atoms with Crippen LogP contribution in [0.15, 0.2) is 24.3 Å². The lowest BCUT2D eigenvalue weighted by molar-refractivity contribution is 0.0373. The van der Waals surface area contributed by atoms with Crippen molar-refractivity contribution < 1.29 is 18.3 Å². The molecule has 1 N–H and O–H groups in total. The first-order valence-corrected chi connectivity index (χ1v) is 6.10. The highest BCUT2D eigenvalue weighted by Gasteiger charge is 2.26. The highest BCUT2D eigenvalue weighted by molar-refractivity contribution is 6.30. The maximum absolute atomic E-state index is 13.0. The predicted octanol–water partition coefficient (Wildman–Crippen LogP) is 4.17. The van der Waals surface area contributed by atoms with E-state index < -0.39 is 24.2 Å². The Morgan fingerprint density at radius 3 is 2.21 bits per heavy atom. The van der Waals surface area contributed by atoms with Crippen LogP contribution in [0.2, 0.25) is 5.02 Å². The lowest BCUT2D eigenvalue weighted by atomic mass is 10.1. The zero-order valence-electron chi connectivity index (χ0n) is 10.9. The van der Waals surface area contributed by atoms with Gasteiger partial charge in [-0.15, -0.1) is 0 Å². The van der Waals surface area contributed by atoms with Crippen LogP contribution >= 0.6 is 11.6 Å². The maximum Gasteiger partial charge on any atom is 0.408 e. The number of amides is 1. The molecule has 1 rings (SSSR count). The molecule has 1 atom stereocenters. The van der Waals surface area contributed by atoms with Crippen LogP contribution < -0.4 is 5.32 Å². The number of carbonyl (C=O) groups is 1. The minimum atomic E-state index is -2.74. The summed E-state index contributed by atoms with van der Waals surface area (Å²) in [6, 6.07) is 4.44. The van der Waals surface area contributed by atoms with E-state index in [4.69, 9.17) is 16.3 Å². The molecule has 0 unspecified atom stereocenters. The molecule has 1 aromatic rings. The molecule has 0 bridgehead atoms. The van der Waals surface area contributed by atoms with Crippen molar-refractivity contribution in [3.63, 3.8) is 0 Å². The first-order valence-electron chi connectivity index (χ1n) is 5.72. The van der Waals surface area contributed by atoms with Crippen molar-refractivity contribution in [1.82, 2.24) is 5.32 Å². The van der Waals surface area contributed by atoms with Gasteiger partial charge in [-0.05, 0) is 38.5 Å². The van der Waals surface area contributed by atoms with Crippen molar-refractivity contribution in [2.24, 2.45) is 0 Å². The Morgan fingerprint density at radius 2 is 1.79 bits per heavy atom. The van der Waals surface area contributed by atoms with Crippen LogP contribution in [0.25, 0.3) is 0 Å². The van der Waals surface area contributed by atoms with Gasteiger partial charge < -0.3 is 10.1 Å². The van der Waals surface area contributed by atoms with E-state index in [1.807, 2.05) is 0 Å². The molecule has 3 nitrogen and oxygen atoms in total. The number of nitrogens with one attached hydrogen (secondary N) is 1. The molecule has 1 amide bonds. The van der Waals surface area contributed by atoms with Crippen LogP contribution in [-0.2, 0) is 4.74 Å². The van der Waals surface area contributed by atoms with E-state index in [0.29, 0.717) is 5.02 Å². The van der Waals surface area contributed by atoms with Gasteiger partial charge in [-0.3, -0.25) is 0 Å². The fourth-order valence-electron chi connectivity index (χ4n) is 1.40. The number of ether oxygens (including phenoxy) is 1. The number of alkyl halides is 2. The van der Waals surface area contributed by atoms with E-state index in [-0.39, 0.29) is 5.56 Å². The van der Waals surface area contributed by atoms with Crippen LogP contribution in [0.1, 0.15) is 32.4 Å². The Labute approximate surface area is 115 Å². The number of hydrogen-bond donors (Lipinski definition) is 1.